The molecule has 0 unspecified atom stereocenters. The van der Waals surface area contributed by atoms with Gasteiger partial charge in [-0.05, 0) is 32.1 Å². The number of ether oxygens (including phenoxy) is 1. The van der Waals surface area contributed by atoms with E-state index < -0.39 is 0 Å². The van der Waals surface area contributed by atoms with Gasteiger partial charge in [0, 0.05) is 16.1 Å². The molecule has 3 rings (SSSR count). The zero-order valence-electron chi connectivity index (χ0n) is 11.9. The van der Waals surface area contributed by atoms with Crippen LogP contribution in [0, 0.1) is 17.8 Å². The van der Waals surface area contributed by atoms with Crippen molar-refractivity contribution in [1.29, 1.82) is 0 Å². The van der Waals surface area contributed by atoms with Crippen LogP contribution in [0.25, 0.3) is 0 Å². The van der Waals surface area contributed by atoms with Crippen molar-refractivity contribution < 1.29 is 9.53 Å². The molecule has 2 aromatic rings. The molecule has 1 aromatic heterocycles. The lowest BCUT2D eigenvalue weighted by Crippen LogP contribution is -2.30. The third-order valence-corrected chi connectivity index (χ3v) is 4.86. The van der Waals surface area contributed by atoms with E-state index >= 15 is 0 Å². The quantitative estimate of drug-likeness (QED) is 0.854. The number of thiazole rings is 1. The van der Waals surface area contributed by atoms with Gasteiger partial charge in [-0.2, -0.15) is 0 Å². The van der Waals surface area contributed by atoms with Gasteiger partial charge in [0.1, 0.15) is 12.4 Å². The maximum absolute atomic E-state index is 12.2. The molecule has 0 bridgehead atoms. The van der Waals surface area contributed by atoms with Crippen LogP contribution in [-0.4, -0.2) is 17.5 Å². The molecule has 0 fully saturated rings. The number of fused-ring (bicyclic) bond motifs is 1. The van der Waals surface area contributed by atoms with Gasteiger partial charge in [-0.1, -0.05) is 17.7 Å². The largest absolute Gasteiger partial charge is 0.491 e. The monoisotopic (exact) mass is 320 g/mol. The van der Waals surface area contributed by atoms with Crippen LogP contribution < -0.4 is 10.1 Å². The van der Waals surface area contributed by atoms with Crippen molar-refractivity contribution >= 4 is 29.5 Å². The predicted octanol–water partition coefficient (Wildman–Crippen LogP) is 3.21. The van der Waals surface area contributed by atoms with Gasteiger partial charge < -0.3 is 15.0 Å². The SMILES string of the molecule is Cc1ccc2c(c1)[C@@H](NC(=O)Cc1sc(=S)[nH]c1C)CO2. The topological polar surface area (TPSA) is 54.1 Å². The summed E-state index contributed by atoms with van der Waals surface area (Å²) in [5.41, 5.74) is 3.19. The van der Waals surface area contributed by atoms with Gasteiger partial charge in [0.25, 0.3) is 0 Å². The molecule has 1 atom stereocenters. The molecule has 0 spiro atoms. The lowest BCUT2D eigenvalue weighted by molar-refractivity contribution is -0.121. The minimum Gasteiger partial charge on any atom is -0.491 e. The first-order valence-electron chi connectivity index (χ1n) is 6.74. The number of benzene rings is 1. The maximum Gasteiger partial charge on any atom is 0.225 e. The third-order valence-electron chi connectivity index (χ3n) is 3.53. The van der Waals surface area contributed by atoms with Crippen LogP contribution in [0.5, 0.6) is 5.75 Å². The van der Waals surface area contributed by atoms with Gasteiger partial charge in [-0.25, -0.2) is 0 Å². The van der Waals surface area contributed by atoms with Crippen molar-refractivity contribution in [3.05, 3.63) is 43.9 Å². The highest BCUT2D eigenvalue weighted by Gasteiger charge is 2.25. The Balaban J connectivity index is 1.71. The molecular weight excluding hydrogens is 304 g/mol. The van der Waals surface area contributed by atoms with Crippen molar-refractivity contribution in [3.8, 4) is 5.75 Å². The predicted molar refractivity (Wildman–Crippen MR) is 85.5 cm³/mol. The molecule has 0 radical (unpaired) electrons. The molecule has 21 heavy (non-hydrogen) atoms. The molecule has 0 aliphatic carbocycles. The smallest absolute Gasteiger partial charge is 0.225 e. The van der Waals surface area contributed by atoms with E-state index in [9.17, 15) is 4.79 Å². The number of hydrogen-bond donors (Lipinski definition) is 2. The first-order valence-corrected chi connectivity index (χ1v) is 7.96. The minimum absolute atomic E-state index is 0.00805. The highest BCUT2D eigenvalue weighted by Crippen LogP contribution is 2.32. The van der Waals surface area contributed by atoms with Gasteiger partial charge >= 0.3 is 0 Å². The minimum atomic E-state index is -0.0698. The number of hydrogen-bond acceptors (Lipinski definition) is 4. The lowest BCUT2D eigenvalue weighted by atomic mass is 10.1. The molecule has 2 heterocycles. The first kappa shape index (κ1) is 14.3. The summed E-state index contributed by atoms with van der Waals surface area (Å²) in [6.45, 7) is 4.46. The summed E-state index contributed by atoms with van der Waals surface area (Å²) in [6, 6.07) is 5.97. The summed E-state index contributed by atoms with van der Waals surface area (Å²) in [6.07, 6.45) is 0.349. The van der Waals surface area contributed by atoms with Gasteiger partial charge in [0.15, 0.2) is 3.95 Å². The van der Waals surface area contributed by atoms with Crippen LogP contribution in [0.4, 0.5) is 0 Å². The molecule has 1 aliphatic heterocycles. The number of aromatic amines is 1. The molecule has 4 nitrogen and oxygen atoms in total. The molecular formula is C15H16N2O2S2. The Labute approximate surface area is 132 Å². The fraction of sp³-hybridized carbons (Fsp3) is 0.333. The molecule has 1 aromatic carbocycles. The third kappa shape index (κ3) is 3.01. The lowest BCUT2D eigenvalue weighted by Gasteiger charge is -2.11. The van der Waals surface area contributed by atoms with Crippen LogP contribution >= 0.6 is 23.6 Å². The molecule has 1 amide bonds. The van der Waals surface area contributed by atoms with Crippen LogP contribution in [0.1, 0.15) is 27.7 Å². The average Bonchev–Trinajstić information content (AvgIpc) is 2.94. The number of carbonyl (C=O) groups is 1. The van der Waals surface area contributed by atoms with Crippen LogP contribution in [-0.2, 0) is 11.2 Å². The van der Waals surface area contributed by atoms with Crippen molar-refractivity contribution in [3.63, 3.8) is 0 Å². The Morgan fingerprint density at radius 1 is 1.52 bits per heavy atom. The van der Waals surface area contributed by atoms with E-state index in [2.05, 4.69) is 16.4 Å². The van der Waals surface area contributed by atoms with E-state index in [4.69, 9.17) is 17.0 Å². The van der Waals surface area contributed by atoms with Gasteiger partial charge in [0.2, 0.25) is 5.91 Å². The van der Waals surface area contributed by atoms with Gasteiger partial charge in [0.05, 0.1) is 12.5 Å². The van der Waals surface area contributed by atoms with Crippen molar-refractivity contribution in [1.82, 2.24) is 10.3 Å². The van der Waals surface area contributed by atoms with E-state index in [1.54, 1.807) is 0 Å². The van der Waals surface area contributed by atoms with Crippen LogP contribution in [0.3, 0.4) is 0 Å². The number of aryl methyl sites for hydroxylation is 2. The molecule has 1 aliphatic rings. The van der Waals surface area contributed by atoms with Gasteiger partial charge in [-0.3, -0.25) is 4.79 Å². The molecule has 6 heteroatoms. The number of rotatable bonds is 3. The second kappa shape index (κ2) is 5.61. The summed E-state index contributed by atoms with van der Waals surface area (Å²) in [5.74, 6) is 0.852. The Kier molecular flexibility index (Phi) is 3.82. The molecule has 0 saturated heterocycles. The van der Waals surface area contributed by atoms with E-state index in [1.807, 2.05) is 26.0 Å². The van der Waals surface area contributed by atoms with Crippen molar-refractivity contribution in [2.24, 2.45) is 0 Å². The maximum atomic E-state index is 12.2. The average molecular weight is 320 g/mol. The van der Waals surface area contributed by atoms with E-state index in [0.717, 1.165) is 27.4 Å². The normalized spacial score (nSPS) is 16.4. The standard InChI is InChI=1S/C15H16N2O2S2/c1-8-3-4-12-10(5-8)11(7-19-12)17-14(18)6-13-9(2)16-15(20)21-13/h3-5,11H,6-7H2,1-2H3,(H,16,20)(H,17,18)/t11-/m0/s1. The fourth-order valence-corrected chi connectivity index (χ4v) is 3.74. The van der Waals surface area contributed by atoms with Crippen LogP contribution in [0.15, 0.2) is 18.2 Å². The van der Waals surface area contributed by atoms with E-state index in [-0.39, 0.29) is 11.9 Å². The zero-order valence-corrected chi connectivity index (χ0v) is 13.5. The van der Waals surface area contributed by atoms with Crippen molar-refractivity contribution in [2.45, 2.75) is 26.3 Å². The van der Waals surface area contributed by atoms with E-state index in [1.165, 1.54) is 11.3 Å². The Bertz CT molecular complexity index is 748. The number of carbonyl (C=O) groups excluding carboxylic acids is 1. The van der Waals surface area contributed by atoms with Gasteiger partial charge in [-0.15, -0.1) is 11.3 Å². The number of aromatic nitrogens is 1. The highest BCUT2D eigenvalue weighted by atomic mass is 32.1. The highest BCUT2D eigenvalue weighted by molar-refractivity contribution is 7.73. The first-order chi connectivity index (χ1) is 10.0. The number of H-pyrrole nitrogens is 1. The fourth-order valence-electron chi connectivity index (χ4n) is 2.45. The second-order valence-corrected chi connectivity index (χ2v) is 6.98. The second-order valence-electron chi connectivity index (χ2n) is 5.21. The number of amides is 1. The molecule has 0 saturated carbocycles. The summed E-state index contributed by atoms with van der Waals surface area (Å²) >= 11 is 6.55. The summed E-state index contributed by atoms with van der Waals surface area (Å²) < 4.78 is 6.32. The number of nitrogens with one attached hydrogen (secondary N) is 2. The molecule has 2 N–H and O–H groups in total. The summed E-state index contributed by atoms with van der Waals surface area (Å²) in [7, 11) is 0. The summed E-state index contributed by atoms with van der Waals surface area (Å²) in [4.78, 5) is 16.3. The Morgan fingerprint density at radius 3 is 3.05 bits per heavy atom. The Hall–Kier alpha value is -1.66. The summed E-state index contributed by atoms with van der Waals surface area (Å²) in [5, 5.41) is 3.04. The van der Waals surface area contributed by atoms with Crippen LogP contribution in [0.2, 0.25) is 0 Å². The molecule has 110 valence electrons. The Morgan fingerprint density at radius 2 is 2.33 bits per heavy atom. The van der Waals surface area contributed by atoms with E-state index in [0.29, 0.717) is 17.0 Å². The van der Waals surface area contributed by atoms with Crippen molar-refractivity contribution in [2.75, 3.05) is 6.61 Å². The zero-order chi connectivity index (χ0) is 15.0.